The van der Waals surface area contributed by atoms with Gasteiger partial charge in [0.1, 0.15) is 5.75 Å². The molecule has 4 aromatic rings. The number of carboxylic acid groups (broad SMARTS) is 1. The van der Waals surface area contributed by atoms with E-state index in [9.17, 15) is 19.8 Å². The zero-order valence-corrected chi connectivity index (χ0v) is 19.5. The molecule has 36 heavy (non-hydrogen) atoms. The summed E-state index contributed by atoms with van der Waals surface area (Å²) in [5.41, 5.74) is 8.01. The number of phenols is 1. The number of para-hydroxylation sites is 1. The molecule has 1 heterocycles. The number of aryl methyl sites for hydroxylation is 1. The van der Waals surface area contributed by atoms with Gasteiger partial charge in [-0.05, 0) is 48.4 Å². The molecule has 0 saturated heterocycles. The molecule has 1 aliphatic heterocycles. The number of anilines is 2. The molecule has 0 spiro atoms. The van der Waals surface area contributed by atoms with E-state index < -0.39 is 5.97 Å². The lowest BCUT2D eigenvalue weighted by Gasteiger charge is -2.17. The molecule has 1 amide bonds. The van der Waals surface area contributed by atoms with Gasteiger partial charge in [0.15, 0.2) is 5.71 Å². The molecule has 0 atom stereocenters. The first-order valence-electron chi connectivity index (χ1n) is 11.4. The molecule has 0 bridgehead atoms. The van der Waals surface area contributed by atoms with E-state index in [-0.39, 0.29) is 22.9 Å². The van der Waals surface area contributed by atoms with Crippen molar-refractivity contribution in [1.82, 2.24) is 0 Å². The van der Waals surface area contributed by atoms with Gasteiger partial charge in [-0.25, -0.2) is 4.79 Å². The summed E-state index contributed by atoms with van der Waals surface area (Å²) in [5.74, 6) is -1.39. The van der Waals surface area contributed by atoms with Gasteiger partial charge in [-0.3, -0.25) is 10.2 Å². The number of carbonyl (C=O) groups is 2. The molecule has 0 aromatic heterocycles. The number of fused-ring (bicyclic) bond motifs is 1. The second-order valence-corrected chi connectivity index (χ2v) is 8.56. The average molecular weight is 478 g/mol. The molecule has 1 aliphatic rings. The van der Waals surface area contributed by atoms with Crippen LogP contribution < -0.4 is 10.3 Å². The fourth-order valence-electron chi connectivity index (χ4n) is 4.26. The Morgan fingerprint density at radius 3 is 2.47 bits per heavy atom. The summed E-state index contributed by atoms with van der Waals surface area (Å²) in [4.78, 5) is 26.5. The van der Waals surface area contributed by atoms with Crippen LogP contribution in [0.15, 0.2) is 96.1 Å². The van der Waals surface area contributed by atoms with Crippen LogP contribution in [0.5, 0.6) is 5.75 Å². The van der Waals surface area contributed by atoms with Crippen LogP contribution in [0.1, 0.15) is 27.0 Å². The van der Waals surface area contributed by atoms with Crippen molar-refractivity contribution in [2.24, 2.45) is 5.10 Å². The van der Waals surface area contributed by atoms with Crippen LogP contribution in [-0.2, 0) is 11.3 Å². The number of phenolic OH excluding ortho intramolecular Hbond substituents is 1. The number of benzene rings is 4. The largest absolute Gasteiger partial charge is 0.505 e. The van der Waals surface area contributed by atoms with E-state index in [1.807, 2.05) is 55.5 Å². The number of carbonyl (C=O) groups excluding carboxylic acids is 1. The molecule has 4 aromatic carbocycles. The number of amides is 1. The molecule has 3 N–H and O–H groups in total. The van der Waals surface area contributed by atoms with Crippen molar-refractivity contribution in [2.45, 2.75) is 13.5 Å². The van der Waals surface area contributed by atoms with Crippen molar-refractivity contribution in [3.8, 4) is 16.9 Å². The highest BCUT2D eigenvalue weighted by Gasteiger charge is 2.34. The molecule has 0 unspecified atom stereocenters. The Labute approximate surface area is 208 Å². The summed E-state index contributed by atoms with van der Waals surface area (Å²) >= 11 is 0. The van der Waals surface area contributed by atoms with Crippen LogP contribution in [-0.4, -0.2) is 27.8 Å². The lowest BCUT2D eigenvalue weighted by Crippen LogP contribution is -2.30. The number of nitrogens with one attached hydrogen (secondary N) is 1. The second kappa shape index (κ2) is 9.38. The number of hydrogen-bond donors (Lipinski definition) is 3. The van der Waals surface area contributed by atoms with Crippen LogP contribution in [0.2, 0.25) is 0 Å². The molecule has 5 rings (SSSR count). The van der Waals surface area contributed by atoms with Crippen molar-refractivity contribution >= 4 is 29.0 Å². The van der Waals surface area contributed by atoms with Gasteiger partial charge >= 0.3 is 5.97 Å². The third-order valence-electron chi connectivity index (χ3n) is 6.07. The van der Waals surface area contributed by atoms with Crippen LogP contribution in [0.25, 0.3) is 11.1 Å². The predicted molar refractivity (Wildman–Crippen MR) is 139 cm³/mol. The maximum absolute atomic E-state index is 13.4. The smallest absolute Gasteiger partial charge is 0.335 e. The van der Waals surface area contributed by atoms with E-state index in [1.165, 1.54) is 12.1 Å². The van der Waals surface area contributed by atoms with Gasteiger partial charge in [-0.2, -0.15) is 5.10 Å². The van der Waals surface area contributed by atoms with Crippen molar-refractivity contribution in [1.29, 1.82) is 0 Å². The molecule has 0 aliphatic carbocycles. The third kappa shape index (κ3) is 4.30. The van der Waals surface area contributed by atoms with Crippen molar-refractivity contribution in [3.63, 3.8) is 0 Å². The Balaban J connectivity index is 1.48. The SMILES string of the molecule is Cc1ccc2c(c1)C(=NNc1cccc(-c3cccc(C(=O)O)c3)c1O)C(=O)N2Cc1ccccc1. The van der Waals surface area contributed by atoms with Crippen molar-refractivity contribution in [2.75, 3.05) is 10.3 Å². The minimum Gasteiger partial charge on any atom is -0.505 e. The van der Waals surface area contributed by atoms with Gasteiger partial charge in [-0.1, -0.05) is 66.2 Å². The van der Waals surface area contributed by atoms with Gasteiger partial charge in [-0.15, -0.1) is 0 Å². The van der Waals surface area contributed by atoms with Crippen LogP contribution in [0.4, 0.5) is 11.4 Å². The number of nitrogens with zero attached hydrogens (tertiary/aromatic N) is 2. The van der Waals surface area contributed by atoms with Gasteiger partial charge in [0.05, 0.1) is 23.5 Å². The molecule has 178 valence electrons. The maximum Gasteiger partial charge on any atom is 0.335 e. The van der Waals surface area contributed by atoms with E-state index in [4.69, 9.17) is 0 Å². The first kappa shape index (κ1) is 22.9. The summed E-state index contributed by atoms with van der Waals surface area (Å²) < 4.78 is 0. The lowest BCUT2D eigenvalue weighted by atomic mass is 10.0. The Morgan fingerprint density at radius 1 is 0.917 bits per heavy atom. The van der Waals surface area contributed by atoms with E-state index in [0.717, 1.165) is 16.8 Å². The molecule has 7 heteroatoms. The Kier molecular flexibility index (Phi) is 5.96. The zero-order chi connectivity index (χ0) is 25.2. The zero-order valence-electron chi connectivity index (χ0n) is 19.5. The molecule has 7 nitrogen and oxygen atoms in total. The molecule has 0 radical (unpaired) electrons. The predicted octanol–water partition coefficient (Wildman–Crippen LogP) is 5.43. The van der Waals surface area contributed by atoms with Gasteiger partial charge < -0.3 is 15.1 Å². The van der Waals surface area contributed by atoms with Gasteiger partial charge in [0.25, 0.3) is 5.91 Å². The number of hydrogen-bond acceptors (Lipinski definition) is 5. The maximum atomic E-state index is 13.4. The number of carboxylic acids is 1. The summed E-state index contributed by atoms with van der Waals surface area (Å²) in [7, 11) is 0. The molecular weight excluding hydrogens is 454 g/mol. The van der Waals surface area contributed by atoms with Crippen LogP contribution in [0, 0.1) is 6.92 Å². The lowest BCUT2D eigenvalue weighted by molar-refractivity contribution is -0.112. The molecular formula is C29H23N3O4. The highest BCUT2D eigenvalue weighted by atomic mass is 16.4. The number of rotatable bonds is 6. The van der Waals surface area contributed by atoms with E-state index in [0.29, 0.717) is 28.9 Å². The summed E-state index contributed by atoms with van der Waals surface area (Å²) in [6.07, 6.45) is 0. The highest BCUT2D eigenvalue weighted by Crippen LogP contribution is 2.37. The van der Waals surface area contributed by atoms with Crippen LogP contribution >= 0.6 is 0 Å². The van der Waals surface area contributed by atoms with Crippen molar-refractivity contribution in [3.05, 3.63) is 113 Å². The summed E-state index contributed by atoms with van der Waals surface area (Å²) in [6, 6.07) is 26.9. The second-order valence-electron chi connectivity index (χ2n) is 8.56. The van der Waals surface area contributed by atoms with Crippen LogP contribution in [0.3, 0.4) is 0 Å². The summed E-state index contributed by atoms with van der Waals surface area (Å²) in [5, 5.41) is 24.6. The van der Waals surface area contributed by atoms with E-state index in [2.05, 4.69) is 10.5 Å². The summed E-state index contributed by atoms with van der Waals surface area (Å²) in [6.45, 7) is 2.37. The highest BCUT2D eigenvalue weighted by molar-refractivity contribution is 6.54. The molecule has 0 fully saturated rings. The third-order valence-corrected chi connectivity index (χ3v) is 6.07. The van der Waals surface area contributed by atoms with Gasteiger partial charge in [0, 0.05) is 11.1 Å². The fourth-order valence-corrected chi connectivity index (χ4v) is 4.26. The van der Waals surface area contributed by atoms with E-state index in [1.54, 1.807) is 35.2 Å². The number of aromatic carboxylic acids is 1. The minimum atomic E-state index is -1.05. The van der Waals surface area contributed by atoms with Gasteiger partial charge in [0.2, 0.25) is 0 Å². The fraction of sp³-hybridized carbons (Fsp3) is 0.0690. The molecule has 0 saturated carbocycles. The normalized spacial score (nSPS) is 13.6. The monoisotopic (exact) mass is 477 g/mol. The Morgan fingerprint density at radius 2 is 1.69 bits per heavy atom. The first-order valence-corrected chi connectivity index (χ1v) is 11.4. The quantitative estimate of drug-likeness (QED) is 0.254. The Bertz CT molecular complexity index is 1510. The average Bonchev–Trinajstić information content (AvgIpc) is 3.13. The van der Waals surface area contributed by atoms with Crippen molar-refractivity contribution < 1.29 is 19.8 Å². The topological polar surface area (TPSA) is 102 Å². The van der Waals surface area contributed by atoms with E-state index >= 15 is 0 Å². The Hall–Kier alpha value is -4.91. The number of aromatic hydroxyl groups is 1. The minimum absolute atomic E-state index is 0.0968. The standard InChI is InChI=1S/C29H23N3O4/c1-18-13-14-25-23(15-18)26(28(34)32(25)17-19-7-3-2-4-8-19)31-30-24-12-6-11-22(27(24)33)20-9-5-10-21(16-20)29(35)36/h2-16,30,33H,17H2,1H3,(H,35,36). The number of hydrazone groups is 1. The first-order chi connectivity index (χ1) is 17.4.